The van der Waals surface area contributed by atoms with Gasteiger partial charge in [0.2, 0.25) is 0 Å². The van der Waals surface area contributed by atoms with Gasteiger partial charge < -0.3 is 0 Å². The molecule has 2 atom stereocenters. The molecule has 0 saturated heterocycles. The molecule has 2 aromatic carbocycles. The fraction of sp³-hybridized carbons (Fsp3) is 0.158. The Morgan fingerprint density at radius 3 is 2.17 bits per heavy atom. The van der Waals surface area contributed by atoms with Gasteiger partial charge in [0.1, 0.15) is 6.04 Å². The molecular formula is C19H14Cl2N2. The lowest BCUT2D eigenvalue weighted by Gasteiger charge is -2.12. The molecule has 0 radical (unpaired) electrons. The molecule has 2 nitrogen and oxygen atoms in total. The summed E-state index contributed by atoms with van der Waals surface area (Å²) in [6.45, 7) is 0. The van der Waals surface area contributed by atoms with Crippen molar-refractivity contribution in [3.63, 3.8) is 0 Å². The summed E-state index contributed by atoms with van der Waals surface area (Å²) in [6, 6.07) is 17.2. The lowest BCUT2D eigenvalue weighted by atomic mass is 9.90. The number of nitriles is 1. The van der Waals surface area contributed by atoms with E-state index in [9.17, 15) is 5.26 Å². The van der Waals surface area contributed by atoms with Gasteiger partial charge in [-0.1, -0.05) is 53.5 Å². The largest absolute Gasteiger partial charge is 0.271 e. The van der Waals surface area contributed by atoms with E-state index in [1.165, 1.54) is 0 Å². The molecule has 0 unspecified atom stereocenters. The molecule has 0 aliphatic carbocycles. The van der Waals surface area contributed by atoms with Crippen LogP contribution in [0.25, 0.3) is 6.08 Å². The molecule has 0 saturated carbocycles. The molecule has 0 aromatic heterocycles. The summed E-state index contributed by atoms with van der Waals surface area (Å²) in [6.07, 6.45) is 4.72. The van der Waals surface area contributed by atoms with Crippen LogP contribution >= 0.6 is 23.2 Å². The first kappa shape index (κ1) is 15.8. The van der Waals surface area contributed by atoms with Crippen LogP contribution in [0.3, 0.4) is 0 Å². The normalized spacial score (nSPS) is 20.5. The SMILES string of the molecule is N#C[C@H]1N=C(/C=C/c2ccc(Cl)cc2)C[C@@H]1c1ccc(Cl)cc1. The van der Waals surface area contributed by atoms with Gasteiger partial charge in [0.05, 0.1) is 6.07 Å². The summed E-state index contributed by atoms with van der Waals surface area (Å²) in [5.41, 5.74) is 3.09. The lowest BCUT2D eigenvalue weighted by Crippen LogP contribution is -2.09. The van der Waals surface area contributed by atoms with E-state index < -0.39 is 0 Å². The van der Waals surface area contributed by atoms with Gasteiger partial charge in [0, 0.05) is 21.7 Å². The van der Waals surface area contributed by atoms with Crippen LogP contribution in [-0.2, 0) is 0 Å². The fourth-order valence-corrected chi connectivity index (χ4v) is 2.92. The Morgan fingerprint density at radius 2 is 1.57 bits per heavy atom. The minimum Gasteiger partial charge on any atom is -0.271 e. The summed E-state index contributed by atoms with van der Waals surface area (Å²) in [5, 5.41) is 10.8. The van der Waals surface area contributed by atoms with Gasteiger partial charge in [-0.2, -0.15) is 5.26 Å². The summed E-state index contributed by atoms with van der Waals surface area (Å²) >= 11 is 11.8. The van der Waals surface area contributed by atoms with Gasteiger partial charge in [-0.05, 0) is 47.9 Å². The van der Waals surface area contributed by atoms with Crippen LogP contribution in [0, 0.1) is 11.3 Å². The third-order valence-electron chi connectivity index (χ3n) is 3.88. The Morgan fingerprint density at radius 1 is 0.957 bits per heavy atom. The highest BCUT2D eigenvalue weighted by atomic mass is 35.5. The van der Waals surface area contributed by atoms with Crippen molar-refractivity contribution >= 4 is 35.0 Å². The van der Waals surface area contributed by atoms with E-state index in [1.807, 2.05) is 60.7 Å². The molecule has 4 heteroatoms. The van der Waals surface area contributed by atoms with E-state index in [0.29, 0.717) is 10.0 Å². The molecule has 0 N–H and O–H groups in total. The van der Waals surface area contributed by atoms with Crippen molar-refractivity contribution in [1.82, 2.24) is 0 Å². The Labute approximate surface area is 145 Å². The van der Waals surface area contributed by atoms with Crippen molar-refractivity contribution in [2.24, 2.45) is 4.99 Å². The quantitative estimate of drug-likeness (QED) is 0.723. The molecule has 1 aliphatic rings. The third-order valence-corrected chi connectivity index (χ3v) is 4.39. The number of hydrogen-bond acceptors (Lipinski definition) is 2. The third kappa shape index (κ3) is 3.82. The molecule has 23 heavy (non-hydrogen) atoms. The zero-order valence-corrected chi connectivity index (χ0v) is 13.8. The van der Waals surface area contributed by atoms with Crippen molar-refractivity contribution in [3.8, 4) is 6.07 Å². The van der Waals surface area contributed by atoms with E-state index in [2.05, 4.69) is 11.1 Å². The molecule has 0 spiro atoms. The smallest absolute Gasteiger partial charge is 0.144 e. The van der Waals surface area contributed by atoms with Crippen LogP contribution in [0.2, 0.25) is 10.0 Å². The number of allylic oxidation sites excluding steroid dienone is 1. The fourth-order valence-electron chi connectivity index (χ4n) is 2.66. The van der Waals surface area contributed by atoms with Crippen LogP contribution in [0.4, 0.5) is 0 Å². The average molecular weight is 341 g/mol. The number of benzene rings is 2. The van der Waals surface area contributed by atoms with Crippen LogP contribution < -0.4 is 0 Å². The molecular weight excluding hydrogens is 327 g/mol. The van der Waals surface area contributed by atoms with E-state index in [0.717, 1.165) is 23.3 Å². The molecule has 114 valence electrons. The number of halogens is 2. The zero-order valence-electron chi connectivity index (χ0n) is 12.3. The minimum atomic E-state index is -0.346. The van der Waals surface area contributed by atoms with E-state index in [4.69, 9.17) is 23.2 Å². The highest BCUT2D eigenvalue weighted by molar-refractivity contribution is 6.30. The van der Waals surface area contributed by atoms with Gasteiger partial charge in [0.25, 0.3) is 0 Å². The molecule has 2 aromatic rings. The Bertz CT molecular complexity index is 784. The summed E-state index contributed by atoms with van der Waals surface area (Å²) in [5.74, 6) is 0.0853. The van der Waals surface area contributed by atoms with Gasteiger partial charge in [-0.15, -0.1) is 0 Å². The summed E-state index contributed by atoms with van der Waals surface area (Å²) in [4.78, 5) is 4.53. The summed E-state index contributed by atoms with van der Waals surface area (Å²) in [7, 11) is 0. The maximum atomic E-state index is 9.36. The lowest BCUT2D eigenvalue weighted by molar-refractivity contribution is 0.687. The highest BCUT2D eigenvalue weighted by Gasteiger charge is 2.29. The second kappa shape index (κ2) is 7.00. The maximum Gasteiger partial charge on any atom is 0.144 e. The van der Waals surface area contributed by atoms with Crippen molar-refractivity contribution in [2.75, 3.05) is 0 Å². The Balaban J connectivity index is 1.76. The first-order valence-corrected chi connectivity index (χ1v) is 8.07. The van der Waals surface area contributed by atoms with Gasteiger partial charge >= 0.3 is 0 Å². The standard InChI is InChI=1S/C19H14Cl2N2/c20-15-6-1-13(2-7-15)3-10-17-11-18(19(12-22)23-17)14-4-8-16(21)9-5-14/h1-10,18-19H,11H2/b10-3+/t18-,19-/m1/s1. The second-order valence-corrected chi connectivity index (χ2v) is 6.31. The maximum absolute atomic E-state index is 9.36. The van der Waals surface area contributed by atoms with Gasteiger partial charge in [-0.3, -0.25) is 4.99 Å². The highest BCUT2D eigenvalue weighted by Crippen LogP contribution is 2.32. The zero-order chi connectivity index (χ0) is 16.2. The van der Waals surface area contributed by atoms with E-state index in [1.54, 1.807) is 0 Å². The molecule has 1 heterocycles. The first-order valence-electron chi connectivity index (χ1n) is 7.31. The number of nitrogens with zero attached hydrogens (tertiary/aromatic N) is 2. The first-order chi connectivity index (χ1) is 11.2. The predicted octanol–water partition coefficient (Wildman–Crippen LogP) is 5.53. The minimum absolute atomic E-state index is 0.0853. The predicted molar refractivity (Wildman–Crippen MR) is 96.1 cm³/mol. The topological polar surface area (TPSA) is 36.1 Å². The monoisotopic (exact) mass is 340 g/mol. The molecule has 3 rings (SSSR count). The van der Waals surface area contributed by atoms with Crippen molar-refractivity contribution in [3.05, 3.63) is 75.8 Å². The molecule has 0 amide bonds. The number of hydrogen-bond donors (Lipinski definition) is 0. The van der Waals surface area contributed by atoms with Crippen molar-refractivity contribution in [1.29, 1.82) is 5.26 Å². The second-order valence-electron chi connectivity index (χ2n) is 5.44. The van der Waals surface area contributed by atoms with Gasteiger partial charge in [-0.25, -0.2) is 0 Å². The van der Waals surface area contributed by atoms with Crippen LogP contribution in [0.1, 0.15) is 23.5 Å². The molecule has 0 fully saturated rings. The number of rotatable bonds is 3. The average Bonchev–Trinajstić information content (AvgIpc) is 2.98. The molecule has 0 bridgehead atoms. The number of aliphatic imine (C=N–C) groups is 1. The van der Waals surface area contributed by atoms with Crippen molar-refractivity contribution < 1.29 is 0 Å². The molecule has 1 aliphatic heterocycles. The van der Waals surface area contributed by atoms with E-state index in [-0.39, 0.29) is 12.0 Å². The van der Waals surface area contributed by atoms with Crippen molar-refractivity contribution in [2.45, 2.75) is 18.4 Å². The Hall–Kier alpha value is -2.08. The van der Waals surface area contributed by atoms with Crippen LogP contribution in [0.15, 0.2) is 59.6 Å². The van der Waals surface area contributed by atoms with Gasteiger partial charge in [0.15, 0.2) is 0 Å². The Kier molecular flexibility index (Phi) is 4.81. The van der Waals surface area contributed by atoms with Crippen LogP contribution in [0.5, 0.6) is 0 Å². The van der Waals surface area contributed by atoms with Crippen LogP contribution in [-0.4, -0.2) is 11.8 Å². The summed E-state index contributed by atoms with van der Waals surface area (Å²) < 4.78 is 0. The van der Waals surface area contributed by atoms with E-state index >= 15 is 0 Å².